The van der Waals surface area contributed by atoms with Crippen LogP contribution in [0.1, 0.15) is 5.69 Å². The lowest BCUT2D eigenvalue weighted by atomic mass is 10.1. The third-order valence-corrected chi connectivity index (χ3v) is 2.44. The summed E-state index contributed by atoms with van der Waals surface area (Å²) < 4.78 is 44.7. The van der Waals surface area contributed by atoms with Crippen LogP contribution in [-0.2, 0) is 11.3 Å². The number of rotatable bonds is 3. The molecule has 96 valence electrons. The number of hydrazine groups is 1. The number of hydrogen-bond donors (Lipinski definition) is 2. The molecule has 4 nitrogen and oxygen atoms in total. The zero-order valence-corrected chi connectivity index (χ0v) is 9.43. The highest BCUT2D eigenvalue weighted by Crippen LogP contribution is 2.28. The number of nitrogen functional groups attached to an aromatic ring is 1. The minimum absolute atomic E-state index is 0.0637. The Kier molecular flexibility index (Phi) is 3.35. The number of nitrogens with one attached hydrogen (secondary N) is 1. The standard InChI is InChI=1S/C11H10F3N3O/c1-18-4-5-2-8(17-15)6-3-7(12)9(13)10(14)11(6)16-5/h2-3H,4,15H2,1H3,(H,16,17). The summed E-state index contributed by atoms with van der Waals surface area (Å²) >= 11 is 0. The Labute approximate surface area is 101 Å². The Morgan fingerprint density at radius 1 is 1.28 bits per heavy atom. The van der Waals surface area contributed by atoms with E-state index in [0.717, 1.165) is 6.07 Å². The van der Waals surface area contributed by atoms with Gasteiger partial charge in [0.1, 0.15) is 5.52 Å². The van der Waals surface area contributed by atoms with Crippen LogP contribution in [0.15, 0.2) is 12.1 Å². The molecule has 0 aliphatic carbocycles. The maximum Gasteiger partial charge on any atom is 0.196 e. The number of nitrogens with two attached hydrogens (primary N) is 1. The number of halogens is 3. The maximum absolute atomic E-state index is 13.6. The van der Waals surface area contributed by atoms with Gasteiger partial charge < -0.3 is 10.2 Å². The molecule has 0 spiro atoms. The van der Waals surface area contributed by atoms with Crippen molar-refractivity contribution in [2.45, 2.75) is 6.61 Å². The molecule has 7 heteroatoms. The van der Waals surface area contributed by atoms with Crippen molar-refractivity contribution in [3.05, 3.63) is 35.3 Å². The first kappa shape index (κ1) is 12.6. The van der Waals surface area contributed by atoms with E-state index in [0.29, 0.717) is 5.69 Å². The van der Waals surface area contributed by atoms with Gasteiger partial charge in [0.25, 0.3) is 0 Å². The second-order valence-electron chi connectivity index (χ2n) is 3.62. The number of hydrogen-bond acceptors (Lipinski definition) is 4. The molecule has 0 aliphatic heterocycles. The largest absolute Gasteiger partial charge is 0.378 e. The molecule has 0 saturated heterocycles. The van der Waals surface area contributed by atoms with Gasteiger partial charge >= 0.3 is 0 Å². The van der Waals surface area contributed by atoms with Crippen LogP contribution in [0, 0.1) is 17.5 Å². The van der Waals surface area contributed by atoms with Crippen molar-refractivity contribution in [3.8, 4) is 0 Å². The normalized spacial score (nSPS) is 10.9. The summed E-state index contributed by atoms with van der Waals surface area (Å²) in [6.07, 6.45) is 0. The summed E-state index contributed by atoms with van der Waals surface area (Å²) in [4.78, 5) is 3.87. The minimum Gasteiger partial charge on any atom is -0.378 e. The summed E-state index contributed by atoms with van der Waals surface area (Å²) in [6, 6.07) is 2.31. The van der Waals surface area contributed by atoms with Crippen LogP contribution in [0.5, 0.6) is 0 Å². The summed E-state index contributed by atoms with van der Waals surface area (Å²) in [7, 11) is 1.43. The highest BCUT2D eigenvalue weighted by atomic mass is 19.2. The molecular formula is C11H10F3N3O. The van der Waals surface area contributed by atoms with Gasteiger partial charge in [-0.3, -0.25) is 5.84 Å². The van der Waals surface area contributed by atoms with Crippen LogP contribution in [0.25, 0.3) is 10.9 Å². The quantitative estimate of drug-likeness (QED) is 0.502. The highest BCUT2D eigenvalue weighted by Gasteiger charge is 2.17. The number of benzene rings is 1. The van der Waals surface area contributed by atoms with E-state index in [1.807, 2.05) is 0 Å². The lowest BCUT2D eigenvalue weighted by Crippen LogP contribution is -2.10. The third-order valence-electron chi connectivity index (χ3n) is 2.44. The number of ether oxygens (including phenoxy) is 1. The van der Waals surface area contributed by atoms with Gasteiger partial charge in [-0.05, 0) is 12.1 Å². The Hall–Kier alpha value is -1.86. The lowest BCUT2D eigenvalue weighted by Gasteiger charge is -2.10. The van der Waals surface area contributed by atoms with Gasteiger partial charge in [0.15, 0.2) is 17.5 Å². The first-order valence-electron chi connectivity index (χ1n) is 5.01. The zero-order chi connectivity index (χ0) is 13.3. The van der Waals surface area contributed by atoms with E-state index in [4.69, 9.17) is 10.6 Å². The van der Waals surface area contributed by atoms with Crippen molar-refractivity contribution in [2.75, 3.05) is 12.5 Å². The number of pyridine rings is 1. The molecule has 0 fully saturated rings. The van der Waals surface area contributed by atoms with Gasteiger partial charge in [-0.1, -0.05) is 0 Å². The number of anilines is 1. The van der Waals surface area contributed by atoms with E-state index < -0.39 is 17.5 Å². The molecule has 0 amide bonds. The van der Waals surface area contributed by atoms with Crippen molar-refractivity contribution in [2.24, 2.45) is 5.84 Å². The maximum atomic E-state index is 13.6. The first-order valence-corrected chi connectivity index (χ1v) is 5.01. The van der Waals surface area contributed by atoms with Crippen LogP contribution in [-0.4, -0.2) is 12.1 Å². The zero-order valence-electron chi connectivity index (χ0n) is 9.43. The van der Waals surface area contributed by atoms with Gasteiger partial charge in [-0.15, -0.1) is 0 Å². The van der Waals surface area contributed by atoms with Crippen molar-refractivity contribution < 1.29 is 17.9 Å². The van der Waals surface area contributed by atoms with Gasteiger partial charge in [0.05, 0.1) is 18.0 Å². The van der Waals surface area contributed by atoms with Crippen molar-refractivity contribution in [1.82, 2.24) is 4.98 Å². The molecule has 2 rings (SSSR count). The SMILES string of the molecule is COCc1cc(NN)c2cc(F)c(F)c(F)c2n1. The Bertz CT molecular complexity index is 604. The minimum atomic E-state index is -1.56. The van der Waals surface area contributed by atoms with Crippen LogP contribution in [0.4, 0.5) is 18.9 Å². The van der Waals surface area contributed by atoms with Gasteiger partial charge in [0.2, 0.25) is 0 Å². The van der Waals surface area contributed by atoms with Gasteiger partial charge in [0, 0.05) is 12.5 Å². The Balaban J connectivity index is 2.79. The van der Waals surface area contributed by atoms with Crippen LogP contribution in [0.3, 0.4) is 0 Å². The van der Waals surface area contributed by atoms with Crippen molar-refractivity contribution >= 4 is 16.6 Å². The first-order chi connectivity index (χ1) is 8.58. The monoisotopic (exact) mass is 257 g/mol. The lowest BCUT2D eigenvalue weighted by molar-refractivity contribution is 0.182. The van der Waals surface area contributed by atoms with Crippen molar-refractivity contribution in [3.63, 3.8) is 0 Å². The molecule has 0 bridgehead atoms. The fraction of sp³-hybridized carbons (Fsp3) is 0.182. The second kappa shape index (κ2) is 4.79. The predicted molar refractivity (Wildman–Crippen MR) is 60.1 cm³/mol. The summed E-state index contributed by atoms with van der Waals surface area (Å²) in [5.41, 5.74) is 2.59. The molecule has 0 atom stereocenters. The third kappa shape index (κ3) is 1.98. The van der Waals surface area contributed by atoms with E-state index in [2.05, 4.69) is 10.4 Å². The highest BCUT2D eigenvalue weighted by molar-refractivity contribution is 5.91. The van der Waals surface area contributed by atoms with E-state index in [1.165, 1.54) is 13.2 Å². The predicted octanol–water partition coefficient (Wildman–Crippen LogP) is 2.08. The molecule has 18 heavy (non-hydrogen) atoms. The number of fused-ring (bicyclic) bond motifs is 1. The Morgan fingerprint density at radius 3 is 2.61 bits per heavy atom. The fourth-order valence-electron chi connectivity index (χ4n) is 1.66. The summed E-state index contributed by atoms with van der Waals surface area (Å²) in [6.45, 7) is 0.100. The summed E-state index contributed by atoms with van der Waals surface area (Å²) in [5.74, 6) is 1.06. The van der Waals surface area contributed by atoms with Gasteiger partial charge in [-0.25, -0.2) is 18.2 Å². The molecule has 3 N–H and O–H groups in total. The van der Waals surface area contributed by atoms with Crippen LogP contribution in [0.2, 0.25) is 0 Å². The Morgan fingerprint density at radius 2 is 2.00 bits per heavy atom. The number of nitrogens with zero attached hydrogens (tertiary/aromatic N) is 1. The van der Waals surface area contributed by atoms with E-state index >= 15 is 0 Å². The topological polar surface area (TPSA) is 60.2 Å². The molecule has 1 aromatic heterocycles. The van der Waals surface area contributed by atoms with Crippen LogP contribution < -0.4 is 11.3 Å². The average Bonchev–Trinajstić information content (AvgIpc) is 2.37. The molecule has 0 radical (unpaired) electrons. The second-order valence-corrected chi connectivity index (χ2v) is 3.62. The fourth-order valence-corrected chi connectivity index (χ4v) is 1.66. The molecule has 0 unspecified atom stereocenters. The van der Waals surface area contributed by atoms with Crippen molar-refractivity contribution in [1.29, 1.82) is 0 Å². The number of methoxy groups -OCH3 is 1. The molecule has 2 aromatic rings. The van der Waals surface area contributed by atoms with E-state index in [9.17, 15) is 13.2 Å². The van der Waals surface area contributed by atoms with E-state index in [1.54, 1.807) is 0 Å². The average molecular weight is 257 g/mol. The number of aromatic nitrogens is 1. The molecule has 0 aliphatic rings. The summed E-state index contributed by atoms with van der Waals surface area (Å²) in [5, 5.41) is 0.0637. The molecule has 1 heterocycles. The van der Waals surface area contributed by atoms with E-state index in [-0.39, 0.29) is 23.2 Å². The molecular weight excluding hydrogens is 247 g/mol. The molecule has 0 saturated carbocycles. The van der Waals surface area contributed by atoms with Gasteiger partial charge in [-0.2, -0.15) is 0 Å². The molecule has 1 aromatic carbocycles. The smallest absolute Gasteiger partial charge is 0.196 e. The van der Waals surface area contributed by atoms with Crippen LogP contribution >= 0.6 is 0 Å².